The fourth-order valence-corrected chi connectivity index (χ4v) is 4.08. The van der Waals surface area contributed by atoms with Crippen molar-refractivity contribution in [3.63, 3.8) is 0 Å². The molecule has 0 unspecified atom stereocenters. The van der Waals surface area contributed by atoms with Gasteiger partial charge in [-0.25, -0.2) is 9.50 Å². The number of piperidine rings is 1. The lowest BCUT2D eigenvalue weighted by atomic mass is 9.89. The first-order chi connectivity index (χ1) is 11.2. The second-order valence-corrected chi connectivity index (χ2v) is 6.92. The van der Waals surface area contributed by atoms with E-state index in [1.54, 1.807) is 11.3 Å². The summed E-state index contributed by atoms with van der Waals surface area (Å²) < 4.78 is 1.84. The van der Waals surface area contributed by atoms with Crippen molar-refractivity contribution in [3.8, 4) is 0 Å². The SMILES string of the molecule is Cc1cn2nc(N3CCC(C(=O)c4ccccc4)CC3)sc2n1. The third-order valence-corrected chi connectivity index (χ3v) is 5.33. The van der Waals surface area contributed by atoms with Crippen molar-refractivity contribution in [1.82, 2.24) is 14.6 Å². The zero-order chi connectivity index (χ0) is 15.8. The highest BCUT2D eigenvalue weighted by atomic mass is 32.1. The molecular weight excluding hydrogens is 308 g/mol. The summed E-state index contributed by atoms with van der Waals surface area (Å²) in [5.74, 6) is 0.398. The van der Waals surface area contributed by atoms with Crippen LogP contribution in [0, 0.1) is 12.8 Å². The molecule has 1 fully saturated rings. The lowest BCUT2D eigenvalue weighted by Gasteiger charge is -2.30. The third kappa shape index (κ3) is 2.74. The highest BCUT2D eigenvalue weighted by Gasteiger charge is 2.27. The van der Waals surface area contributed by atoms with E-state index in [0.29, 0.717) is 0 Å². The zero-order valence-electron chi connectivity index (χ0n) is 13.0. The van der Waals surface area contributed by atoms with Crippen LogP contribution in [0.4, 0.5) is 5.13 Å². The molecule has 5 nitrogen and oxygen atoms in total. The Bertz CT molecular complexity index is 799. The van der Waals surface area contributed by atoms with Gasteiger partial charge < -0.3 is 4.90 Å². The van der Waals surface area contributed by atoms with Crippen LogP contribution < -0.4 is 4.90 Å². The molecule has 0 spiro atoms. The van der Waals surface area contributed by atoms with E-state index >= 15 is 0 Å². The highest BCUT2D eigenvalue weighted by Crippen LogP contribution is 2.29. The van der Waals surface area contributed by atoms with Gasteiger partial charge in [0.15, 0.2) is 5.78 Å². The number of rotatable bonds is 3. The molecule has 0 aliphatic carbocycles. The van der Waals surface area contributed by atoms with Gasteiger partial charge in [-0.1, -0.05) is 41.7 Å². The first-order valence-electron chi connectivity index (χ1n) is 7.88. The average Bonchev–Trinajstić information content (AvgIpc) is 3.12. The molecule has 3 aromatic rings. The standard InChI is InChI=1S/C17H18N4OS/c1-12-11-21-16(18-12)23-17(19-21)20-9-7-14(8-10-20)15(22)13-5-3-2-4-6-13/h2-6,11,14H,7-10H2,1H3. The minimum absolute atomic E-state index is 0.125. The molecule has 1 aromatic carbocycles. The molecule has 0 radical (unpaired) electrons. The number of ketones is 1. The maximum absolute atomic E-state index is 12.5. The number of aromatic nitrogens is 3. The summed E-state index contributed by atoms with van der Waals surface area (Å²) in [6.07, 6.45) is 3.71. The van der Waals surface area contributed by atoms with Gasteiger partial charge in [0.1, 0.15) is 0 Å². The summed E-state index contributed by atoms with van der Waals surface area (Å²) in [7, 11) is 0. The summed E-state index contributed by atoms with van der Waals surface area (Å²) >= 11 is 1.61. The van der Waals surface area contributed by atoms with E-state index in [1.165, 1.54) is 0 Å². The minimum atomic E-state index is 0.125. The Morgan fingerprint density at radius 2 is 1.96 bits per heavy atom. The van der Waals surface area contributed by atoms with E-state index in [-0.39, 0.29) is 11.7 Å². The van der Waals surface area contributed by atoms with Crippen LogP contribution in [0.15, 0.2) is 36.5 Å². The van der Waals surface area contributed by atoms with Crippen molar-refractivity contribution in [1.29, 1.82) is 0 Å². The van der Waals surface area contributed by atoms with Crippen LogP contribution in [0.3, 0.4) is 0 Å². The van der Waals surface area contributed by atoms with Crippen LogP contribution in [0.1, 0.15) is 28.9 Å². The number of nitrogens with zero attached hydrogens (tertiary/aromatic N) is 4. The van der Waals surface area contributed by atoms with Gasteiger partial charge in [0.05, 0.1) is 11.9 Å². The molecule has 3 heterocycles. The summed E-state index contributed by atoms with van der Waals surface area (Å²) in [6.45, 7) is 3.72. The molecule has 0 bridgehead atoms. The van der Waals surface area contributed by atoms with Gasteiger partial charge in [-0.3, -0.25) is 4.79 Å². The van der Waals surface area contributed by atoms with Crippen molar-refractivity contribution in [3.05, 3.63) is 47.8 Å². The second-order valence-electron chi connectivity index (χ2n) is 5.99. The normalized spacial score (nSPS) is 16.1. The van der Waals surface area contributed by atoms with Gasteiger partial charge in [0.25, 0.3) is 0 Å². The van der Waals surface area contributed by atoms with Gasteiger partial charge in [-0.05, 0) is 19.8 Å². The summed E-state index contributed by atoms with van der Waals surface area (Å²) in [4.78, 5) is 20.2. The predicted octanol–water partition coefficient (Wildman–Crippen LogP) is 3.20. The van der Waals surface area contributed by atoms with E-state index < -0.39 is 0 Å². The Hall–Kier alpha value is -2.21. The Kier molecular flexibility index (Phi) is 3.61. The fourth-order valence-electron chi connectivity index (χ4n) is 3.10. The van der Waals surface area contributed by atoms with E-state index in [2.05, 4.69) is 15.0 Å². The second kappa shape index (κ2) is 5.77. The quantitative estimate of drug-likeness (QED) is 0.694. The molecular formula is C17H18N4OS. The van der Waals surface area contributed by atoms with Crippen LogP contribution in [0.25, 0.3) is 4.96 Å². The average molecular weight is 326 g/mol. The van der Waals surface area contributed by atoms with Crippen LogP contribution >= 0.6 is 11.3 Å². The third-order valence-electron chi connectivity index (χ3n) is 4.35. The Morgan fingerprint density at radius 1 is 1.22 bits per heavy atom. The number of anilines is 1. The number of fused-ring (bicyclic) bond motifs is 1. The van der Waals surface area contributed by atoms with Gasteiger partial charge in [-0.15, -0.1) is 5.10 Å². The van der Waals surface area contributed by atoms with Crippen LogP contribution in [-0.2, 0) is 0 Å². The van der Waals surface area contributed by atoms with Gasteiger partial charge in [-0.2, -0.15) is 0 Å². The fraction of sp³-hybridized carbons (Fsp3) is 0.353. The Labute approximate surface area is 138 Å². The number of carbonyl (C=O) groups is 1. The zero-order valence-corrected chi connectivity index (χ0v) is 13.8. The van der Waals surface area contributed by atoms with E-state index in [9.17, 15) is 4.79 Å². The van der Waals surface area contributed by atoms with E-state index in [4.69, 9.17) is 0 Å². The minimum Gasteiger partial charge on any atom is -0.347 e. The van der Waals surface area contributed by atoms with Gasteiger partial charge in [0.2, 0.25) is 10.1 Å². The molecule has 6 heteroatoms. The summed E-state index contributed by atoms with van der Waals surface area (Å²) in [5, 5.41) is 5.60. The first-order valence-corrected chi connectivity index (χ1v) is 8.69. The smallest absolute Gasteiger partial charge is 0.214 e. The van der Waals surface area contributed by atoms with Gasteiger partial charge in [0, 0.05) is 24.6 Å². The van der Waals surface area contributed by atoms with Crippen molar-refractivity contribution >= 4 is 27.2 Å². The molecule has 0 atom stereocenters. The monoisotopic (exact) mass is 326 g/mol. The number of hydrogen-bond donors (Lipinski definition) is 0. The molecule has 1 aliphatic heterocycles. The number of benzene rings is 1. The molecule has 2 aromatic heterocycles. The van der Waals surface area contributed by atoms with Crippen LogP contribution in [0.5, 0.6) is 0 Å². The van der Waals surface area contributed by atoms with Crippen LogP contribution in [0.2, 0.25) is 0 Å². The Morgan fingerprint density at radius 3 is 2.65 bits per heavy atom. The van der Waals surface area contributed by atoms with E-state index in [1.807, 2.05) is 48.0 Å². The predicted molar refractivity (Wildman–Crippen MR) is 91.3 cm³/mol. The number of hydrogen-bond acceptors (Lipinski definition) is 5. The van der Waals surface area contributed by atoms with Crippen molar-refractivity contribution in [2.45, 2.75) is 19.8 Å². The highest BCUT2D eigenvalue weighted by molar-refractivity contribution is 7.20. The lowest BCUT2D eigenvalue weighted by Crippen LogP contribution is -2.36. The molecule has 1 aliphatic rings. The summed E-state index contributed by atoms with van der Waals surface area (Å²) in [5.41, 5.74) is 1.82. The molecule has 23 heavy (non-hydrogen) atoms. The van der Waals surface area contributed by atoms with Crippen molar-refractivity contribution in [2.75, 3.05) is 18.0 Å². The maximum atomic E-state index is 12.5. The number of imidazole rings is 1. The van der Waals surface area contributed by atoms with Crippen molar-refractivity contribution < 1.29 is 4.79 Å². The van der Waals surface area contributed by atoms with Crippen molar-refractivity contribution in [2.24, 2.45) is 5.92 Å². The largest absolute Gasteiger partial charge is 0.347 e. The Balaban J connectivity index is 1.44. The van der Waals surface area contributed by atoms with Gasteiger partial charge >= 0.3 is 0 Å². The number of aryl methyl sites for hydroxylation is 1. The summed E-state index contributed by atoms with van der Waals surface area (Å²) in [6, 6.07) is 9.62. The number of Topliss-reactive ketones (excluding diaryl/α,β-unsaturated/α-hetero) is 1. The molecule has 4 rings (SSSR count). The molecule has 0 N–H and O–H groups in total. The lowest BCUT2D eigenvalue weighted by molar-refractivity contribution is 0.0900. The topological polar surface area (TPSA) is 50.5 Å². The van der Waals surface area contributed by atoms with E-state index in [0.717, 1.165) is 47.3 Å². The molecule has 118 valence electrons. The molecule has 0 amide bonds. The molecule has 1 saturated heterocycles. The number of carbonyl (C=O) groups excluding carboxylic acids is 1. The maximum Gasteiger partial charge on any atom is 0.214 e. The molecule has 0 saturated carbocycles. The van der Waals surface area contributed by atoms with Crippen LogP contribution in [-0.4, -0.2) is 33.5 Å². The first kappa shape index (κ1) is 14.4.